The van der Waals surface area contributed by atoms with Crippen LogP contribution in [0.15, 0.2) is 67.0 Å². The summed E-state index contributed by atoms with van der Waals surface area (Å²) in [7, 11) is 0. The first-order valence-electron chi connectivity index (χ1n) is 6.69. The fourth-order valence-electron chi connectivity index (χ4n) is 2.16. The molecule has 0 saturated heterocycles. The van der Waals surface area contributed by atoms with Crippen molar-refractivity contribution in [3.8, 4) is 11.8 Å². The Morgan fingerprint density at radius 1 is 1.05 bits per heavy atom. The highest BCUT2D eigenvalue weighted by Crippen LogP contribution is 2.16. The number of rotatable bonds is 4. The molecule has 0 fully saturated rings. The van der Waals surface area contributed by atoms with Crippen molar-refractivity contribution in [1.82, 2.24) is 9.78 Å². The molecule has 0 atom stereocenters. The van der Waals surface area contributed by atoms with E-state index in [2.05, 4.69) is 22.6 Å². The van der Waals surface area contributed by atoms with Gasteiger partial charge in [0, 0.05) is 24.6 Å². The first-order valence-corrected chi connectivity index (χ1v) is 6.69. The van der Waals surface area contributed by atoms with E-state index in [0.29, 0.717) is 12.1 Å². The number of hydrogen-bond acceptors (Lipinski definition) is 3. The molecule has 0 aliphatic rings. The third-order valence-electron chi connectivity index (χ3n) is 3.24. The van der Waals surface area contributed by atoms with Crippen LogP contribution < -0.4 is 5.32 Å². The lowest BCUT2D eigenvalue weighted by Gasteiger charge is -2.11. The number of hydrogen-bond donors (Lipinski definition) is 1. The zero-order valence-electron chi connectivity index (χ0n) is 11.4. The van der Waals surface area contributed by atoms with Gasteiger partial charge in [-0.3, -0.25) is 0 Å². The minimum Gasteiger partial charge on any atom is -0.381 e. The number of anilines is 1. The molecule has 102 valence electrons. The van der Waals surface area contributed by atoms with E-state index in [1.165, 1.54) is 0 Å². The molecule has 1 N–H and O–H groups in total. The molecule has 4 heteroatoms. The lowest BCUT2D eigenvalue weighted by atomic mass is 10.1. The second-order valence-electron chi connectivity index (χ2n) is 4.62. The van der Waals surface area contributed by atoms with Gasteiger partial charge in [0.2, 0.25) is 0 Å². The first-order chi connectivity index (χ1) is 10.4. The van der Waals surface area contributed by atoms with Gasteiger partial charge in [-0.05, 0) is 42.0 Å². The van der Waals surface area contributed by atoms with Crippen LogP contribution in [0.4, 0.5) is 5.69 Å². The number of para-hydroxylation sites is 1. The number of nitrogens with zero attached hydrogens (tertiary/aromatic N) is 3. The molecule has 0 spiro atoms. The normalized spacial score (nSPS) is 10.0. The maximum Gasteiger partial charge on any atom is 0.0991 e. The largest absolute Gasteiger partial charge is 0.381 e. The highest BCUT2D eigenvalue weighted by molar-refractivity contribution is 5.49. The van der Waals surface area contributed by atoms with Crippen molar-refractivity contribution in [1.29, 1.82) is 5.26 Å². The van der Waals surface area contributed by atoms with E-state index in [1.54, 1.807) is 6.20 Å². The summed E-state index contributed by atoms with van der Waals surface area (Å²) < 4.78 is 1.86. The Hall–Kier alpha value is -3.06. The van der Waals surface area contributed by atoms with Gasteiger partial charge in [-0.25, -0.2) is 4.68 Å². The quantitative estimate of drug-likeness (QED) is 0.793. The van der Waals surface area contributed by atoms with E-state index in [4.69, 9.17) is 5.26 Å². The SMILES string of the molecule is N#Cc1ccc(NCc2ccccc2-n2cccn2)cc1. The molecule has 3 rings (SSSR count). The Bertz CT molecular complexity index is 752. The summed E-state index contributed by atoms with van der Waals surface area (Å²) in [5.41, 5.74) is 3.87. The van der Waals surface area contributed by atoms with Crippen LogP contribution in [0, 0.1) is 11.3 Å². The van der Waals surface area contributed by atoms with Crippen LogP contribution in [0.5, 0.6) is 0 Å². The van der Waals surface area contributed by atoms with Crippen molar-refractivity contribution in [3.63, 3.8) is 0 Å². The number of nitriles is 1. The van der Waals surface area contributed by atoms with Crippen LogP contribution in [0.25, 0.3) is 5.69 Å². The Labute approximate surface area is 123 Å². The Morgan fingerprint density at radius 2 is 1.86 bits per heavy atom. The summed E-state index contributed by atoms with van der Waals surface area (Å²) in [6.07, 6.45) is 3.70. The van der Waals surface area contributed by atoms with Gasteiger partial charge in [0.1, 0.15) is 0 Å². The summed E-state index contributed by atoms with van der Waals surface area (Å²) in [5.74, 6) is 0. The van der Waals surface area contributed by atoms with Crippen molar-refractivity contribution >= 4 is 5.69 Å². The van der Waals surface area contributed by atoms with E-state index < -0.39 is 0 Å². The molecule has 0 aliphatic heterocycles. The molecule has 1 heterocycles. The van der Waals surface area contributed by atoms with Crippen molar-refractivity contribution < 1.29 is 0 Å². The van der Waals surface area contributed by atoms with Crippen molar-refractivity contribution in [2.75, 3.05) is 5.32 Å². The molecular formula is C17H14N4. The van der Waals surface area contributed by atoms with Crippen LogP contribution >= 0.6 is 0 Å². The Kier molecular flexibility index (Phi) is 3.66. The van der Waals surface area contributed by atoms with E-state index in [9.17, 15) is 0 Å². The van der Waals surface area contributed by atoms with Gasteiger partial charge in [0.05, 0.1) is 17.3 Å². The lowest BCUT2D eigenvalue weighted by Crippen LogP contribution is -2.05. The van der Waals surface area contributed by atoms with Crippen LogP contribution in [0.3, 0.4) is 0 Å². The van der Waals surface area contributed by atoms with E-state index >= 15 is 0 Å². The number of aromatic nitrogens is 2. The molecule has 0 saturated carbocycles. The summed E-state index contributed by atoms with van der Waals surface area (Å²) in [4.78, 5) is 0. The van der Waals surface area contributed by atoms with Gasteiger partial charge < -0.3 is 5.32 Å². The molecule has 3 aromatic rings. The molecule has 0 bridgehead atoms. The number of benzene rings is 2. The average molecular weight is 274 g/mol. The van der Waals surface area contributed by atoms with Gasteiger partial charge in [0.25, 0.3) is 0 Å². The van der Waals surface area contributed by atoms with Crippen molar-refractivity contribution in [2.45, 2.75) is 6.54 Å². The maximum absolute atomic E-state index is 8.80. The zero-order valence-corrected chi connectivity index (χ0v) is 11.4. The minimum atomic E-state index is 0.664. The third kappa shape index (κ3) is 2.93. The fraction of sp³-hybridized carbons (Fsp3) is 0.0588. The van der Waals surface area contributed by atoms with Gasteiger partial charge >= 0.3 is 0 Å². The molecule has 0 radical (unpaired) electrons. The van der Waals surface area contributed by atoms with Crippen molar-refractivity contribution in [2.24, 2.45) is 0 Å². The smallest absolute Gasteiger partial charge is 0.0991 e. The average Bonchev–Trinajstić information content (AvgIpc) is 3.08. The zero-order chi connectivity index (χ0) is 14.5. The summed E-state index contributed by atoms with van der Waals surface area (Å²) in [5, 5.41) is 16.4. The summed E-state index contributed by atoms with van der Waals surface area (Å²) in [6.45, 7) is 0.696. The standard InChI is InChI=1S/C17H14N4/c18-12-14-6-8-16(9-7-14)19-13-15-4-1-2-5-17(15)21-11-3-10-20-21/h1-11,19H,13H2. The predicted molar refractivity (Wildman–Crippen MR) is 82.0 cm³/mol. The molecule has 0 aliphatic carbocycles. The summed E-state index contributed by atoms with van der Waals surface area (Å²) >= 11 is 0. The van der Waals surface area contributed by atoms with E-state index in [1.807, 2.05) is 59.4 Å². The lowest BCUT2D eigenvalue weighted by molar-refractivity contribution is 0.864. The van der Waals surface area contributed by atoms with Crippen LogP contribution in [0.2, 0.25) is 0 Å². The maximum atomic E-state index is 8.80. The third-order valence-corrected chi connectivity index (χ3v) is 3.24. The van der Waals surface area contributed by atoms with Gasteiger partial charge in [-0.15, -0.1) is 0 Å². The van der Waals surface area contributed by atoms with Crippen LogP contribution in [-0.4, -0.2) is 9.78 Å². The van der Waals surface area contributed by atoms with E-state index in [0.717, 1.165) is 16.9 Å². The number of nitrogens with one attached hydrogen (secondary N) is 1. The van der Waals surface area contributed by atoms with Crippen LogP contribution in [0.1, 0.15) is 11.1 Å². The molecule has 0 amide bonds. The minimum absolute atomic E-state index is 0.664. The highest BCUT2D eigenvalue weighted by atomic mass is 15.3. The van der Waals surface area contributed by atoms with E-state index in [-0.39, 0.29) is 0 Å². The molecular weight excluding hydrogens is 260 g/mol. The molecule has 2 aromatic carbocycles. The predicted octanol–water partition coefficient (Wildman–Crippen LogP) is 3.36. The molecule has 1 aromatic heterocycles. The van der Waals surface area contributed by atoms with Gasteiger partial charge in [-0.1, -0.05) is 18.2 Å². The second kappa shape index (κ2) is 5.93. The van der Waals surface area contributed by atoms with Crippen LogP contribution in [-0.2, 0) is 6.54 Å². The molecule has 4 nitrogen and oxygen atoms in total. The highest BCUT2D eigenvalue weighted by Gasteiger charge is 2.04. The Morgan fingerprint density at radius 3 is 2.57 bits per heavy atom. The molecule has 0 unspecified atom stereocenters. The van der Waals surface area contributed by atoms with Gasteiger partial charge in [0.15, 0.2) is 0 Å². The second-order valence-corrected chi connectivity index (χ2v) is 4.62. The monoisotopic (exact) mass is 274 g/mol. The van der Waals surface area contributed by atoms with Crippen molar-refractivity contribution in [3.05, 3.63) is 78.1 Å². The van der Waals surface area contributed by atoms with Gasteiger partial charge in [-0.2, -0.15) is 10.4 Å². The summed E-state index contributed by atoms with van der Waals surface area (Å²) in [6, 6.07) is 19.6. The Balaban J connectivity index is 1.78. The topological polar surface area (TPSA) is 53.6 Å². The first kappa shape index (κ1) is 12.9. The molecule has 21 heavy (non-hydrogen) atoms. The fourth-order valence-corrected chi connectivity index (χ4v) is 2.16.